The van der Waals surface area contributed by atoms with Crippen molar-refractivity contribution in [2.24, 2.45) is 0 Å². The second kappa shape index (κ2) is 21.0. The zero-order chi connectivity index (χ0) is 27.3. The molecule has 0 spiro atoms. The van der Waals surface area contributed by atoms with Gasteiger partial charge in [-0.25, -0.2) is 0 Å². The molecule has 1 fully saturated rings. The van der Waals surface area contributed by atoms with Gasteiger partial charge in [0.2, 0.25) is 0 Å². The Kier molecular flexibility index (Phi) is 20.9. The van der Waals surface area contributed by atoms with Crippen LogP contribution in [0.15, 0.2) is 72.8 Å². The van der Waals surface area contributed by atoms with E-state index in [0.717, 1.165) is 12.8 Å². The highest BCUT2D eigenvalue weighted by Crippen LogP contribution is 2.47. The van der Waals surface area contributed by atoms with E-state index >= 15 is 0 Å². The fraction of sp³-hybridized carbons (Fsp3) is 0.486. The number of hydrogen-bond acceptors (Lipinski definition) is 0. The molecule has 0 aliphatic heterocycles. The number of benzene rings is 3. The van der Waals surface area contributed by atoms with Gasteiger partial charge in [-0.15, -0.1) is 0 Å². The number of rotatable bonds is 3. The van der Waals surface area contributed by atoms with Crippen LogP contribution in [0.25, 0.3) is 0 Å². The smallest absolute Gasteiger partial charge is 0.00745 e. The number of aryl methyl sites for hydroxylation is 5. The molecule has 0 bridgehead atoms. The van der Waals surface area contributed by atoms with Crippen LogP contribution in [0.3, 0.4) is 0 Å². The first-order valence-corrected chi connectivity index (χ1v) is 14.0. The summed E-state index contributed by atoms with van der Waals surface area (Å²) in [6, 6.07) is 26.0. The zero-order valence-electron chi connectivity index (χ0n) is 25.3. The van der Waals surface area contributed by atoms with Gasteiger partial charge < -0.3 is 0 Å². The first-order valence-electron chi connectivity index (χ1n) is 14.0. The van der Waals surface area contributed by atoms with Gasteiger partial charge in [0.1, 0.15) is 0 Å². The largest absolute Gasteiger partial charge is 0.0683 e. The number of hydrogen-bond donors (Lipinski definition) is 0. The minimum absolute atomic E-state index is 0.534. The molecule has 0 amide bonds. The normalized spacial score (nSPS) is 11.7. The molecular weight excluding hydrogens is 420 g/mol. The molecule has 3 aromatic carbocycles. The van der Waals surface area contributed by atoms with Gasteiger partial charge in [0.05, 0.1) is 0 Å². The van der Waals surface area contributed by atoms with Crippen molar-refractivity contribution < 1.29 is 0 Å². The third-order valence-electron chi connectivity index (χ3n) is 5.85. The van der Waals surface area contributed by atoms with Crippen molar-refractivity contribution in [2.45, 2.75) is 114 Å². The molecule has 196 valence electrons. The third-order valence-corrected chi connectivity index (χ3v) is 5.85. The molecule has 1 aliphatic rings. The molecule has 0 radical (unpaired) electrons. The summed E-state index contributed by atoms with van der Waals surface area (Å²) in [5.74, 6) is 0. The summed E-state index contributed by atoms with van der Waals surface area (Å²) in [5.41, 5.74) is 9.08. The SMILES string of the molecule is CC.CC.CC.CCc1cccc(C)c1.CCc1ccccc1C.Cc1cccc(C2(C)CC2)c1. The summed E-state index contributed by atoms with van der Waals surface area (Å²) in [4.78, 5) is 0. The lowest BCUT2D eigenvalue weighted by Crippen LogP contribution is -1.98. The van der Waals surface area contributed by atoms with Crippen LogP contribution in [0.1, 0.15) is 109 Å². The fourth-order valence-corrected chi connectivity index (χ4v) is 3.44. The predicted molar refractivity (Wildman–Crippen MR) is 163 cm³/mol. The van der Waals surface area contributed by atoms with E-state index in [1.165, 1.54) is 46.2 Å². The van der Waals surface area contributed by atoms with E-state index in [-0.39, 0.29) is 0 Å². The van der Waals surface area contributed by atoms with E-state index in [4.69, 9.17) is 0 Å². The monoisotopic (exact) mass is 476 g/mol. The van der Waals surface area contributed by atoms with Crippen LogP contribution in [0.2, 0.25) is 0 Å². The van der Waals surface area contributed by atoms with Gasteiger partial charge in [-0.3, -0.25) is 0 Å². The highest BCUT2D eigenvalue weighted by molar-refractivity contribution is 5.33. The van der Waals surface area contributed by atoms with Crippen LogP contribution in [0.4, 0.5) is 0 Å². The minimum atomic E-state index is 0.534. The average molecular weight is 477 g/mol. The second-order valence-corrected chi connectivity index (χ2v) is 8.55. The van der Waals surface area contributed by atoms with Crippen LogP contribution in [0.5, 0.6) is 0 Å². The van der Waals surface area contributed by atoms with Gasteiger partial charge in [0.25, 0.3) is 0 Å². The van der Waals surface area contributed by atoms with Crippen LogP contribution in [0, 0.1) is 20.8 Å². The van der Waals surface area contributed by atoms with Crippen molar-refractivity contribution in [3.63, 3.8) is 0 Å². The maximum Gasteiger partial charge on any atom is -0.00745 e. The first kappa shape index (κ1) is 34.8. The second-order valence-electron chi connectivity index (χ2n) is 8.55. The predicted octanol–water partition coefficient (Wildman–Crippen LogP) is 11.2. The summed E-state index contributed by atoms with van der Waals surface area (Å²) in [7, 11) is 0. The van der Waals surface area contributed by atoms with Gasteiger partial charge in [0.15, 0.2) is 0 Å². The fourth-order valence-electron chi connectivity index (χ4n) is 3.44. The lowest BCUT2D eigenvalue weighted by molar-refractivity contribution is 0.786. The molecule has 0 N–H and O–H groups in total. The highest BCUT2D eigenvalue weighted by atomic mass is 14.4. The van der Waals surface area contributed by atoms with Crippen LogP contribution < -0.4 is 0 Å². The third kappa shape index (κ3) is 14.6. The lowest BCUT2D eigenvalue weighted by Gasteiger charge is -2.08. The van der Waals surface area contributed by atoms with Crippen molar-refractivity contribution in [3.05, 3.63) is 106 Å². The molecule has 3 aromatic rings. The van der Waals surface area contributed by atoms with E-state index in [9.17, 15) is 0 Å². The van der Waals surface area contributed by atoms with Crippen LogP contribution in [-0.2, 0) is 18.3 Å². The van der Waals surface area contributed by atoms with Gasteiger partial charge in [-0.2, -0.15) is 0 Å². The Hall–Kier alpha value is -2.34. The molecule has 0 heteroatoms. The van der Waals surface area contributed by atoms with E-state index in [0.29, 0.717) is 5.41 Å². The Balaban J connectivity index is 0. The van der Waals surface area contributed by atoms with E-state index in [1.807, 2.05) is 41.5 Å². The quantitative estimate of drug-likeness (QED) is 0.352. The molecule has 4 rings (SSSR count). The molecule has 35 heavy (non-hydrogen) atoms. The maximum absolute atomic E-state index is 2.35. The molecule has 1 saturated carbocycles. The molecule has 0 atom stereocenters. The maximum atomic E-state index is 2.35. The Morgan fingerprint density at radius 2 is 1.11 bits per heavy atom. The average Bonchev–Trinajstić information content (AvgIpc) is 3.67. The topological polar surface area (TPSA) is 0 Å². The first-order chi connectivity index (χ1) is 16.9. The molecule has 1 aliphatic carbocycles. The Labute approximate surface area is 220 Å². The van der Waals surface area contributed by atoms with Gasteiger partial charge in [-0.1, -0.05) is 146 Å². The summed E-state index contributed by atoms with van der Waals surface area (Å²) in [6.45, 7) is 25.1. The van der Waals surface area contributed by atoms with Crippen molar-refractivity contribution in [1.29, 1.82) is 0 Å². The zero-order valence-corrected chi connectivity index (χ0v) is 25.3. The lowest BCUT2D eigenvalue weighted by atomic mass is 9.97. The van der Waals surface area contributed by atoms with Crippen molar-refractivity contribution in [2.75, 3.05) is 0 Å². The Bertz CT molecular complexity index is 884. The van der Waals surface area contributed by atoms with Gasteiger partial charge >= 0.3 is 0 Å². The standard InChI is InChI=1S/C11H14.2C9H12.3C2H6/c1-9-4-3-5-10(8-9)11(2)6-7-11;1-3-9-6-4-5-8(2)7-9;1-3-9-7-5-4-6-8(9)2;3*1-2/h3-5,8H,6-7H2,1-2H3;2*4-7H,3H2,1-2H3;3*1-2H3. The van der Waals surface area contributed by atoms with Crippen LogP contribution >= 0.6 is 0 Å². The summed E-state index contributed by atoms with van der Waals surface area (Å²) >= 11 is 0. The van der Waals surface area contributed by atoms with Crippen molar-refractivity contribution >= 4 is 0 Å². The van der Waals surface area contributed by atoms with Crippen molar-refractivity contribution in [1.82, 2.24) is 0 Å². The minimum Gasteiger partial charge on any atom is -0.0683 e. The summed E-state index contributed by atoms with van der Waals surface area (Å²) in [6.07, 6.45) is 5.03. The van der Waals surface area contributed by atoms with Crippen molar-refractivity contribution in [3.8, 4) is 0 Å². The van der Waals surface area contributed by atoms with E-state index < -0.39 is 0 Å². The van der Waals surface area contributed by atoms with E-state index in [1.54, 1.807) is 0 Å². The molecular formula is C35H56. The van der Waals surface area contributed by atoms with Crippen LogP contribution in [-0.4, -0.2) is 0 Å². The molecule has 0 unspecified atom stereocenters. The Morgan fingerprint density at radius 1 is 0.600 bits per heavy atom. The Morgan fingerprint density at radius 3 is 1.49 bits per heavy atom. The summed E-state index contributed by atoms with van der Waals surface area (Å²) in [5, 5.41) is 0. The molecule has 0 heterocycles. The highest BCUT2D eigenvalue weighted by Gasteiger charge is 2.38. The van der Waals surface area contributed by atoms with Gasteiger partial charge in [-0.05, 0) is 74.1 Å². The van der Waals surface area contributed by atoms with Gasteiger partial charge in [0, 0.05) is 0 Å². The molecule has 0 nitrogen and oxygen atoms in total. The molecule has 0 aromatic heterocycles. The van der Waals surface area contributed by atoms with E-state index in [2.05, 4.69) is 114 Å². The summed E-state index contributed by atoms with van der Waals surface area (Å²) < 4.78 is 0. The molecule has 0 saturated heterocycles.